The zero-order valence-electron chi connectivity index (χ0n) is 13.8. The third-order valence-electron chi connectivity index (χ3n) is 7.23. The Hall–Kier alpha value is -1.71. The molecule has 1 aromatic carbocycles. The highest BCUT2D eigenvalue weighted by Gasteiger charge is 2.68. The van der Waals surface area contributed by atoms with Gasteiger partial charge < -0.3 is 4.74 Å². The fourth-order valence-electron chi connectivity index (χ4n) is 6.47. The summed E-state index contributed by atoms with van der Waals surface area (Å²) in [6.07, 6.45) is 4.33. The number of ketones is 1. The van der Waals surface area contributed by atoms with Crippen molar-refractivity contribution in [2.24, 2.45) is 23.7 Å². The predicted molar refractivity (Wildman–Crippen MR) is 84.8 cm³/mol. The van der Waals surface area contributed by atoms with Gasteiger partial charge in [0.2, 0.25) is 0 Å². The van der Waals surface area contributed by atoms with E-state index in [2.05, 4.69) is 0 Å². The summed E-state index contributed by atoms with van der Waals surface area (Å²) in [7, 11) is 0. The largest absolute Gasteiger partial charge is 0.458 e. The Morgan fingerprint density at radius 1 is 1.29 bits per heavy atom. The van der Waals surface area contributed by atoms with Gasteiger partial charge in [-0.05, 0) is 61.8 Å². The molecule has 1 aliphatic heterocycles. The molecular weight excluding hydrogens is 307 g/mol. The van der Waals surface area contributed by atoms with Gasteiger partial charge in [-0.15, -0.1) is 0 Å². The van der Waals surface area contributed by atoms with Gasteiger partial charge in [-0.3, -0.25) is 9.59 Å². The van der Waals surface area contributed by atoms with E-state index in [9.17, 15) is 14.0 Å². The van der Waals surface area contributed by atoms with E-state index in [1.54, 1.807) is 13.0 Å². The summed E-state index contributed by atoms with van der Waals surface area (Å²) in [5.41, 5.74) is 1.61. The molecule has 126 valence electrons. The molecule has 0 N–H and O–H groups in total. The Labute approximate surface area is 140 Å². The van der Waals surface area contributed by atoms with Crippen molar-refractivity contribution >= 4 is 11.8 Å². The zero-order chi connectivity index (χ0) is 16.6. The summed E-state index contributed by atoms with van der Waals surface area (Å²) in [4.78, 5) is 24.8. The van der Waals surface area contributed by atoms with Crippen LogP contribution in [0.4, 0.5) is 4.39 Å². The third-order valence-corrected chi connectivity index (χ3v) is 7.23. The summed E-state index contributed by atoms with van der Waals surface area (Å²) in [6, 6.07) is 5.01. The van der Waals surface area contributed by atoms with Crippen molar-refractivity contribution in [3.63, 3.8) is 0 Å². The van der Waals surface area contributed by atoms with Crippen LogP contribution < -0.4 is 0 Å². The van der Waals surface area contributed by atoms with Crippen molar-refractivity contribution in [2.45, 2.75) is 50.5 Å². The molecule has 3 aliphatic carbocycles. The molecule has 24 heavy (non-hydrogen) atoms. The van der Waals surface area contributed by atoms with Crippen LogP contribution in [0.3, 0.4) is 0 Å². The molecule has 1 saturated heterocycles. The quantitative estimate of drug-likeness (QED) is 0.742. The maximum absolute atomic E-state index is 13.9. The lowest BCUT2D eigenvalue weighted by molar-refractivity contribution is -0.158. The Morgan fingerprint density at radius 3 is 2.92 bits per heavy atom. The van der Waals surface area contributed by atoms with Crippen LogP contribution in [0.5, 0.6) is 0 Å². The smallest absolute Gasteiger partial charge is 0.310 e. The number of hydrogen-bond acceptors (Lipinski definition) is 3. The molecule has 5 rings (SSSR count). The highest BCUT2D eigenvalue weighted by Crippen LogP contribution is 2.65. The van der Waals surface area contributed by atoms with E-state index < -0.39 is 5.60 Å². The number of aryl methyl sites for hydroxylation is 1. The number of ether oxygens (including phenoxy) is 1. The summed E-state index contributed by atoms with van der Waals surface area (Å²) in [6.45, 7) is 1.63. The molecule has 2 bridgehead atoms. The Bertz CT molecular complexity index is 757. The topological polar surface area (TPSA) is 43.4 Å². The average molecular weight is 328 g/mol. The summed E-state index contributed by atoms with van der Waals surface area (Å²) in [5, 5.41) is 0. The second-order valence-corrected chi connectivity index (χ2v) is 8.11. The zero-order valence-corrected chi connectivity index (χ0v) is 13.8. The van der Waals surface area contributed by atoms with Gasteiger partial charge >= 0.3 is 5.97 Å². The standard InChI is InChI=1S/C20H21FO3/c1-10(22)16-6-7-17-13-5-3-11-2-4-12(21)8-14(11)18(13)15-9-20(16,17)24-19(15)23/h2,4,8,13,15-18H,3,5-7,9H2,1H3/t13-,15+,16-,17-,18-,20+/m1/s1. The van der Waals surface area contributed by atoms with Gasteiger partial charge in [0.05, 0.1) is 11.8 Å². The fourth-order valence-corrected chi connectivity index (χ4v) is 6.47. The van der Waals surface area contributed by atoms with Crippen molar-refractivity contribution in [2.75, 3.05) is 0 Å². The van der Waals surface area contributed by atoms with E-state index in [0.717, 1.165) is 31.2 Å². The second-order valence-electron chi connectivity index (χ2n) is 8.11. The van der Waals surface area contributed by atoms with Crippen LogP contribution in [-0.4, -0.2) is 17.4 Å². The molecular formula is C20H21FO3. The van der Waals surface area contributed by atoms with Crippen molar-refractivity contribution in [1.82, 2.24) is 0 Å². The van der Waals surface area contributed by atoms with Gasteiger partial charge in [0.1, 0.15) is 17.2 Å². The molecule has 0 aromatic heterocycles. The first kappa shape index (κ1) is 14.6. The van der Waals surface area contributed by atoms with E-state index >= 15 is 0 Å². The van der Waals surface area contributed by atoms with Crippen LogP contribution in [0.15, 0.2) is 18.2 Å². The number of rotatable bonds is 1. The monoisotopic (exact) mass is 328 g/mol. The number of fused-ring (bicyclic) bond motifs is 6. The van der Waals surface area contributed by atoms with Crippen LogP contribution in [0.25, 0.3) is 0 Å². The molecule has 0 unspecified atom stereocenters. The van der Waals surface area contributed by atoms with Gasteiger partial charge in [0.25, 0.3) is 0 Å². The van der Waals surface area contributed by atoms with Crippen molar-refractivity contribution in [3.05, 3.63) is 35.1 Å². The number of halogens is 1. The lowest BCUT2D eigenvalue weighted by Crippen LogP contribution is -2.50. The molecule has 4 heteroatoms. The molecule has 4 aliphatic rings. The fraction of sp³-hybridized carbons (Fsp3) is 0.600. The lowest BCUT2D eigenvalue weighted by atomic mass is 9.55. The first-order valence-electron chi connectivity index (χ1n) is 9.03. The van der Waals surface area contributed by atoms with E-state index in [0.29, 0.717) is 12.3 Å². The molecule has 1 heterocycles. The first-order chi connectivity index (χ1) is 11.5. The molecule has 3 nitrogen and oxygen atoms in total. The van der Waals surface area contributed by atoms with Crippen LogP contribution in [-0.2, 0) is 20.7 Å². The number of benzene rings is 1. The van der Waals surface area contributed by atoms with E-state index in [4.69, 9.17) is 4.74 Å². The van der Waals surface area contributed by atoms with Gasteiger partial charge in [-0.1, -0.05) is 6.07 Å². The van der Waals surface area contributed by atoms with Crippen molar-refractivity contribution in [1.29, 1.82) is 0 Å². The molecule has 3 fully saturated rings. The Kier molecular flexibility index (Phi) is 2.85. The highest BCUT2D eigenvalue weighted by atomic mass is 19.1. The number of carbonyl (C=O) groups is 2. The van der Waals surface area contributed by atoms with Crippen molar-refractivity contribution in [3.8, 4) is 0 Å². The highest BCUT2D eigenvalue weighted by molar-refractivity contribution is 5.84. The Morgan fingerprint density at radius 2 is 2.12 bits per heavy atom. The predicted octanol–water partition coefficient (Wildman–Crippen LogP) is 3.40. The number of Topliss-reactive ketones (excluding diaryl/α,β-unsaturated/α-hetero) is 1. The molecule has 1 aromatic rings. The molecule has 2 saturated carbocycles. The minimum atomic E-state index is -0.570. The van der Waals surface area contributed by atoms with Crippen molar-refractivity contribution < 1.29 is 18.7 Å². The van der Waals surface area contributed by atoms with Gasteiger partial charge in [-0.25, -0.2) is 4.39 Å². The normalized spacial score (nSPS) is 42.1. The number of esters is 1. The van der Waals surface area contributed by atoms with Gasteiger partial charge in [0, 0.05) is 18.3 Å². The minimum absolute atomic E-state index is 0.0586. The molecule has 1 spiro atoms. The maximum Gasteiger partial charge on any atom is 0.310 e. The van der Waals surface area contributed by atoms with Crippen LogP contribution in [0, 0.1) is 29.5 Å². The maximum atomic E-state index is 13.9. The molecule has 0 amide bonds. The molecule has 0 radical (unpaired) electrons. The SMILES string of the molecule is CC(=O)[C@H]1CC[C@@H]2[C@H]3CCc4ccc(F)cc4[C@@H]3[C@@H]3C[C@]12OC3=O. The van der Waals surface area contributed by atoms with E-state index in [1.165, 1.54) is 11.6 Å². The second kappa shape index (κ2) is 4.68. The third kappa shape index (κ3) is 1.67. The van der Waals surface area contributed by atoms with Crippen LogP contribution in [0.1, 0.15) is 49.7 Å². The van der Waals surface area contributed by atoms with Crippen LogP contribution >= 0.6 is 0 Å². The van der Waals surface area contributed by atoms with E-state index in [1.807, 2.05) is 6.07 Å². The molecule has 6 atom stereocenters. The number of carbonyl (C=O) groups excluding carboxylic acids is 2. The summed E-state index contributed by atoms with van der Waals surface area (Å²) < 4.78 is 19.8. The van der Waals surface area contributed by atoms with Crippen LogP contribution in [0.2, 0.25) is 0 Å². The van der Waals surface area contributed by atoms with Gasteiger partial charge in [-0.2, -0.15) is 0 Å². The Balaban J connectivity index is 1.64. The summed E-state index contributed by atoms with van der Waals surface area (Å²) in [5.74, 6) is 0.0149. The average Bonchev–Trinajstić information content (AvgIpc) is 3.05. The lowest BCUT2D eigenvalue weighted by Gasteiger charge is -2.47. The summed E-state index contributed by atoms with van der Waals surface area (Å²) >= 11 is 0. The minimum Gasteiger partial charge on any atom is -0.458 e. The van der Waals surface area contributed by atoms with E-state index in [-0.39, 0.29) is 41.2 Å². The first-order valence-corrected chi connectivity index (χ1v) is 9.03. The van der Waals surface area contributed by atoms with Gasteiger partial charge in [0.15, 0.2) is 0 Å². The number of hydrogen-bond donors (Lipinski definition) is 0.